The van der Waals surface area contributed by atoms with Crippen molar-refractivity contribution in [3.8, 4) is 17.1 Å². The fourth-order valence-corrected chi connectivity index (χ4v) is 4.14. The van der Waals surface area contributed by atoms with E-state index in [1.54, 1.807) is 26.0 Å². The second-order valence-electron chi connectivity index (χ2n) is 7.41. The summed E-state index contributed by atoms with van der Waals surface area (Å²) in [5.74, 6) is 2.08. The van der Waals surface area contributed by atoms with Crippen molar-refractivity contribution in [2.75, 3.05) is 20.8 Å². The van der Waals surface area contributed by atoms with E-state index in [1.165, 1.54) is 0 Å². The van der Waals surface area contributed by atoms with Gasteiger partial charge in [0.1, 0.15) is 5.75 Å². The van der Waals surface area contributed by atoms with Crippen molar-refractivity contribution in [1.82, 2.24) is 20.1 Å². The molecule has 0 aliphatic carbocycles. The molecule has 0 saturated carbocycles. The van der Waals surface area contributed by atoms with Gasteiger partial charge in [0.2, 0.25) is 0 Å². The first-order valence-corrected chi connectivity index (χ1v) is 11.6. The maximum Gasteiger partial charge on any atom is 0.251 e. The number of benzene rings is 2. The van der Waals surface area contributed by atoms with Gasteiger partial charge in [0.15, 0.2) is 11.0 Å². The van der Waals surface area contributed by atoms with E-state index in [1.807, 2.05) is 60.0 Å². The molecule has 32 heavy (non-hydrogen) atoms. The molecule has 0 aliphatic rings. The van der Waals surface area contributed by atoms with E-state index in [0.717, 1.165) is 34.3 Å². The van der Waals surface area contributed by atoms with Crippen LogP contribution in [0.25, 0.3) is 11.4 Å². The average molecular weight is 455 g/mol. The molecule has 1 aromatic heterocycles. The SMILES string of the molecule is CC[C@H](C)NC(=O)c1ccccc1CSc1nnc(-c2cccc(OC)c2)n1CCOC. The number of hydrogen-bond donors (Lipinski definition) is 1. The molecular weight excluding hydrogens is 424 g/mol. The van der Waals surface area contributed by atoms with E-state index in [2.05, 4.69) is 22.4 Å². The first-order chi connectivity index (χ1) is 15.6. The average Bonchev–Trinajstić information content (AvgIpc) is 3.24. The molecule has 7 nitrogen and oxygen atoms in total. The Morgan fingerprint density at radius 3 is 2.72 bits per heavy atom. The van der Waals surface area contributed by atoms with Crippen molar-refractivity contribution in [1.29, 1.82) is 0 Å². The summed E-state index contributed by atoms with van der Waals surface area (Å²) in [4.78, 5) is 12.7. The number of ether oxygens (including phenoxy) is 2. The van der Waals surface area contributed by atoms with Crippen LogP contribution in [0.1, 0.15) is 36.2 Å². The van der Waals surface area contributed by atoms with Crippen LogP contribution < -0.4 is 10.1 Å². The van der Waals surface area contributed by atoms with E-state index in [-0.39, 0.29) is 11.9 Å². The van der Waals surface area contributed by atoms with Crippen LogP contribution >= 0.6 is 11.8 Å². The molecule has 0 radical (unpaired) electrons. The van der Waals surface area contributed by atoms with Crippen LogP contribution in [0.2, 0.25) is 0 Å². The first-order valence-electron chi connectivity index (χ1n) is 10.7. The number of nitrogens with zero attached hydrogens (tertiary/aromatic N) is 3. The van der Waals surface area contributed by atoms with Gasteiger partial charge in [0, 0.05) is 30.0 Å². The highest BCUT2D eigenvalue weighted by molar-refractivity contribution is 7.98. The van der Waals surface area contributed by atoms with Gasteiger partial charge in [-0.1, -0.05) is 49.0 Å². The Morgan fingerprint density at radius 2 is 1.97 bits per heavy atom. The molecule has 1 N–H and O–H groups in total. The minimum Gasteiger partial charge on any atom is -0.497 e. The number of carbonyl (C=O) groups excluding carboxylic acids is 1. The monoisotopic (exact) mass is 454 g/mol. The zero-order valence-electron chi connectivity index (χ0n) is 19.0. The zero-order valence-corrected chi connectivity index (χ0v) is 19.8. The first kappa shape index (κ1) is 23.8. The smallest absolute Gasteiger partial charge is 0.251 e. The number of amides is 1. The van der Waals surface area contributed by atoms with Gasteiger partial charge in [-0.05, 0) is 37.1 Å². The molecular formula is C24H30N4O3S. The van der Waals surface area contributed by atoms with Crippen molar-refractivity contribution < 1.29 is 14.3 Å². The van der Waals surface area contributed by atoms with Crippen LogP contribution in [-0.2, 0) is 17.0 Å². The molecule has 0 bridgehead atoms. The summed E-state index contributed by atoms with van der Waals surface area (Å²) in [6.45, 7) is 5.22. The maximum absolute atomic E-state index is 12.7. The van der Waals surface area contributed by atoms with Gasteiger partial charge in [0.05, 0.1) is 20.3 Å². The third-order valence-corrected chi connectivity index (χ3v) is 6.19. The third-order valence-electron chi connectivity index (χ3n) is 5.17. The molecule has 3 rings (SSSR count). The fourth-order valence-electron chi connectivity index (χ4n) is 3.17. The minimum atomic E-state index is -0.0477. The minimum absolute atomic E-state index is 0.0477. The Labute approximate surface area is 193 Å². The number of carbonyl (C=O) groups is 1. The predicted molar refractivity (Wildman–Crippen MR) is 127 cm³/mol. The Morgan fingerprint density at radius 1 is 1.16 bits per heavy atom. The van der Waals surface area contributed by atoms with Crippen LogP contribution in [0.5, 0.6) is 5.75 Å². The van der Waals surface area contributed by atoms with Crippen LogP contribution in [0.3, 0.4) is 0 Å². The summed E-state index contributed by atoms with van der Waals surface area (Å²) in [5, 5.41) is 12.7. The number of thioether (sulfide) groups is 1. The zero-order chi connectivity index (χ0) is 22.9. The summed E-state index contributed by atoms with van der Waals surface area (Å²) in [6, 6.07) is 15.6. The summed E-state index contributed by atoms with van der Waals surface area (Å²) >= 11 is 1.55. The molecule has 1 amide bonds. The lowest BCUT2D eigenvalue weighted by Gasteiger charge is -2.14. The third kappa shape index (κ3) is 5.89. The summed E-state index contributed by atoms with van der Waals surface area (Å²) in [6.07, 6.45) is 0.887. The second kappa shape index (κ2) is 11.7. The van der Waals surface area contributed by atoms with Gasteiger partial charge in [0.25, 0.3) is 5.91 Å². The molecule has 0 spiro atoms. The van der Waals surface area contributed by atoms with Crippen molar-refractivity contribution in [3.63, 3.8) is 0 Å². The molecule has 0 unspecified atom stereocenters. The quantitative estimate of drug-likeness (QED) is 0.432. The second-order valence-corrected chi connectivity index (χ2v) is 8.35. The Hall–Kier alpha value is -2.84. The van der Waals surface area contributed by atoms with Crippen LogP contribution in [0.4, 0.5) is 0 Å². The van der Waals surface area contributed by atoms with Crippen molar-refractivity contribution in [2.24, 2.45) is 0 Å². The summed E-state index contributed by atoms with van der Waals surface area (Å²) in [7, 11) is 3.32. The van der Waals surface area contributed by atoms with Gasteiger partial charge in [-0.15, -0.1) is 10.2 Å². The lowest BCUT2D eigenvalue weighted by atomic mass is 10.1. The van der Waals surface area contributed by atoms with Crippen molar-refractivity contribution in [3.05, 3.63) is 59.7 Å². The summed E-state index contributed by atoms with van der Waals surface area (Å²) in [5.41, 5.74) is 2.58. The normalized spacial score (nSPS) is 11.9. The number of rotatable bonds is 11. The largest absolute Gasteiger partial charge is 0.497 e. The molecule has 8 heteroatoms. The van der Waals surface area contributed by atoms with Crippen molar-refractivity contribution >= 4 is 17.7 Å². The highest BCUT2D eigenvalue weighted by Crippen LogP contribution is 2.29. The highest BCUT2D eigenvalue weighted by atomic mass is 32.2. The number of methoxy groups -OCH3 is 2. The topological polar surface area (TPSA) is 78.3 Å². The van der Waals surface area contributed by atoms with Crippen LogP contribution in [-0.4, -0.2) is 47.5 Å². The van der Waals surface area contributed by atoms with Gasteiger partial charge in [-0.2, -0.15) is 0 Å². The van der Waals surface area contributed by atoms with Gasteiger partial charge >= 0.3 is 0 Å². The van der Waals surface area contributed by atoms with Crippen LogP contribution in [0, 0.1) is 0 Å². The lowest BCUT2D eigenvalue weighted by Crippen LogP contribution is -2.32. The number of aromatic nitrogens is 3. The van der Waals surface area contributed by atoms with E-state index in [0.29, 0.717) is 24.5 Å². The fraction of sp³-hybridized carbons (Fsp3) is 0.375. The molecule has 1 heterocycles. The number of hydrogen-bond acceptors (Lipinski definition) is 6. The Balaban J connectivity index is 1.84. The lowest BCUT2D eigenvalue weighted by molar-refractivity contribution is 0.0938. The molecule has 3 aromatic rings. The Kier molecular flexibility index (Phi) is 8.70. The molecule has 0 aliphatic heterocycles. The standard InChI is InChI=1S/C24H30N4O3S/c1-5-17(2)25-23(29)21-12-7-6-9-19(21)16-32-24-27-26-22(28(24)13-14-30-3)18-10-8-11-20(15-18)31-4/h6-12,15,17H,5,13-14,16H2,1-4H3,(H,25,29)/t17-/m0/s1. The summed E-state index contributed by atoms with van der Waals surface area (Å²) < 4.78 is 12.7. The molecule has 2 aromatic carbocycles. The van der Waals surface area contributed by atoms with Gasteiger partial charge < -0.3 is 14.8 Å². The van der Waals surface area contributed by atoms with Gasteiger partial charge in [-0.25, -0.2) is 0 Å². The van der Waals surface area contributed by atoms with Gasteiger partial charge in [-0.3, -0.25) is 9.36 Å². The van der Waals surface area contributed by atoms with Crippen LogP contribution in [0.15, 0.2) is 53.7 Å². The molecule has 1 atom stereocenters. The maximum atomic E-state index is 12.7. The van der Waals surface area contributed by atoms with E-state index >= 15 is 0 Å². The molecule has 0 saturated heterocycles. The van der Waals surface area contributed by atoms with Crippen molar-refractivity contribution in [2.45, 2.75) is 43.8 Å². The van der Waals surface area contributed by atoms with E-state index < -0.39 is 0 Å². The molecule has 170 valence electrons. The Bertz CT molecular complexity index is 1040. The van der Waals surface area contributed by atoms with E-state index in [4.69, 9.17) is 9.47 Å². The number of nitrogens with one attached hydrogen (secondary N) is 1. The molecule has 0 fully saturated rings. The van der Waals surface area contributed by atoms with E-state index in [9.17, 15) is 4.79 Å². The predicted octanol–water partition coefficient (Wildman–Crippen LogP) is 4.42. The highest BCUT2D eigenvalue weighted by Gasteiger charge is 2.17.